The lowest BCUT2D eigenvalue weighted by atomic mass is 10.2. The first-order chi connectivity index (χ1) is 6.65. The Morgan fingerprint density at radius 3 is 2.71 bits per heavy atom. The number of carbonyl (C=O) groups is 1. The van der Waals surface area contributed by atoms with Crippen LogP contribution >= 0.6 is 15.9 Å². The number of anilines is 1. The Morgan fingerprint density at radius 1 is 1.43 bits per heavy atom. The molecule has 0 saturated heterocycles. The molecule has 0 atom stereocenters. The smallest absolute Gasteiger partial charge is 0.251 e. The van der Waals surface area contributed by atoms with Crippen LogP contribution in [-0.4, -0.2) is 11.9 Å². The first kappa shape index (κ1) is 9.52. The zero-order chi connectivity index (χ0) is 10.1. The Labute approximate surface area is 90.8 Å². The number of halogens is 1. The van der Waals surface area contributed by atoms with Crippen LogP contribution < -0.4 is 11.1 Å². The zero-order valence-electron chi connectivity index (χ0n) is 7.59. The highest BCUT2D eigenvalue weighted by Gasteiger charge is 2.23. The number of nitrogen functional groups attached to an aromatic ring is 1. The van der Waals surface area contributed by atoms with Crippen LogP contribution in [0.2, 0.25) is 0 Å². The molecule has 1 fully saturated rings. The molecular weight excluding hydrogens is 244 g/mol. The normalized spacial score (nSPS) is 15.2. The second-order valence-electron chi connectivity index (χ2n) is 3.52. The number of nitrogens with two attached hydrogens (primary N) is 1. The molecule has 0 bridgehead atoms. The summed E-state index contributed by atoms with van der Waals surface area (Å²) >= 11 is 3.30. The van der Waals surface area contributed by atoms with Crippen molar-refractivity contribution in [1.29, 1.82) is 0 Å². The molecule has 1 saturated carbocycles. The monoisotopic (exact) mass is 254 g/mol. The summed E-state index contributed by atoms with van der Waals surface area (Å²) < 4.78 is 0.832. The van der Waals surface area contributed by atoms with E-state index in [0.717, 1.165) is 17.3 Å². The summed E-state index contributed by atoms with van der Waals surface area (Å²) in [4.78, 5) is 11.6. The minimum atomic E-state index is -0.0412. The molecule has 0 heterocycles. The summed E-state index contributed by atoms with van der Waals surface area (Å²) in [5, 5.41) is 2.91. The molecule has 3 nitrogen and oxygen atoms in total. The highest BCUT2D eigenvalue weighted by atomic mass is 79.9. The summed E-state index contributed by atoms with van der Waals surface area (Å²) in [5.74, 6) is -0.0412. The lowest BCUT2D eigenvalue weighted by Gasteiger charge is -2.04. The van der Waals surface area contributed by atoms with E-state index in [0.29, 0.717) is 17.3 Å². The maximum absolute atomic E-state index is 11.6. The Morgan fingerprint density at radius 2 is 2.14 bits per heavy atom. The van der Waals surface area contributed by atoms with E-state index < -0.39 is 0 Å². The van der Waals surface area contributed by atoms with Crippen molar-refractivity contribution in [2.45, 2.75) is 18.9 Å². The zero-order valence-corrected chi connectivity index (χ0v) is 9.17. The van der Waals surface area contributed by atoms with Crippen LogP contribution in [0.15, 0.2) is 22.7 Å². The van der Waals surface area contributed by atoms with Crippen molar-refractivity contribution in [1.82, 2.24) is 5.32 Å². The Bertz CT molecular complexity index is 354. The van der Waals surface area contributed by atoms with Gasteiger partial charge in [0.2, 0.25) is 0 Å². The molecule has 0 aromatic heterocycles. The predicted octanol–water partition coefficient (Wildman–Crippen LogP) is 1.92. The number of carbonyl (C=O) groups excluding carboxylic acids is 1. The van der Waals surface area contributed by atoms with Crippen LogP contribution in [-0.2, 0) is 0 Å². The second kappa shape index (κ2) is 3.61. The van der Waals surface area contributed by atoms with Crippen molar-refractivity contribution >= 4 is 27.5 Å². The van der Waals surface area contributed by atoms with Crippen LogP contribution in [0.1, 0.15) is 23.2 Å². The van der Waals surface area contributed by atoms with Crippen LogP contribution in [0, 0.1) is 0 Å². The van der Waals surface area contributed by atoms with Crippen molar-refractivity contribution in [3.05, 3.63) is 28.2 Å². The van der Waals surface area contributed by atoms with E-state index in [-0.39, 0.29) is 5.91 Å². The number of amides is 1. The van der Waals surface area contributed by atoms with Gasteiger partial charge in [0.1, 0.15) is 0 Å². The Hall–Kier alpha value is -1.03. The van der Waals surface area contributed by atoms with Gasteiger partial charge in [-0.3, -0.25) is 4.79 Å². The molecule has 4 heteroatoms. The van der Waals surface area contributed by atoms with Gasteiger partial charge in [-0.15, -0.1) is 0 Å². The van der Waals surface area contributed by atoms with E-state index in [1.807, 2.05) is 0 Å². The largest absolute Gasteiger partial charge is 0.399 e. The van der Waals surface area contributed by atoms with Crippen molar-refractivity contribution < 1.29 is 4.79 Å². The third-order valence-electron chi connectivity index (χ3n) is 2.09. The van der Waals surface area contributed by atoms with E-state index in [2.05, 4.69) is 21.2 Å². The fourth-order valence-corrected chi connectivity index (χ4v) is 1.75. The predicted molar refractivity (Wildman–Crippen MR) is 59.0 cm³/mol. The number of hydrogen-bond acceptors (Lipinski definition) is 2. The topological polar surface area (TPSA) is 55.1 Å². The number of nitrogens with one attached hydrogen (secondary N) is 1. The molecule has 3 N–H and O–H groups in total. The molecule has 0 aliphatic heterocycles. The quantitative estimate of drug-likeness (QED) is 0.793. The fraction of sp³-hybridized carbons (Fsp3) is 0.300. The van der Waals surface area contributed by atoms with E-state index in [4.69, 9.17) is 5.73 Å². The molecule has 0 spiro atoms. The summed E-state index contributed by atoms with van der Waals surface area (Å²) in [6, 6.07) is 5.60. The van der Waals surface area contributed by atoms with Crippen LogP contribution in [0.5, 0.6) is 0 Å². The summed E-state index contributed by atoms with van der Waals surface area (Å²) in [7, 11) is 0. The molecule has 1 aromatic rings. The van der Waals surface area contributed by atoms with Crippen LogP contribution in [0.25, 0.3) is 0 Å². The average Bonchev–Trinajstić information content (AvgIpc) is 2.86. The van der Waals surface area contributed by atoms with E-state index in [9.17, 15) is 4.79 Å². The SMILES string of the molecule is Nc1cc(Br)cc(C(=O)NC2CC2)c1. The standard InChI is InChI=1S/C10H11BrN2O/c11-7-3-6(4-8(12)5-7)10(14)13-9-1-2-9/h3-5,9H,1-2,12H2,(H,13,14). The van der Waals surface area contributed by atoms with Gasteiger partial charge in [0.15, 0.2) is 0 Å². The average molecular weight is 255 g/mol. The molecule has 74 valence electrons. The van der Waals surface area contributed by atoms with Gasteiger partial charge in [0, 0.05) is 21.8 Å². The second-order valence-corrected chi connectivity index (χ2v) is 4.44. The van der Waals surface area contributed by atoms with Crippen molar-refractivity contribution in [3.63, 3.8) is 0 Å². The van der Waals surface area contributed by atoms with E-state index in [1.165, 1.54) is 0 Å². The van der Waals surface area contributed by atoms with Gasteiger partial charge < -0.3 is 11.1 Å². The van der Waals surface area contributed by atoms with Gasteiger partial charge in [-0.25, -0.2) is 0 Å². The van der Waals surface area contributed by atoms with Crippen LogP contribution in [0.4, 0.5) is 5.69 Å². The molecule has 14 heavy (non-hydrogen) atoms. The summed E-state index contributed by atoms with van der Waals surface area (Å²) in [6.07, 6.45) is 2.18. The van der Waals surface area contributed by atoms with Crippen LogP contribution in [0.3, 0.4) is 0 Å². The first-order valence-corrected chi connectivity index (χ1v) is 5.31. The van der Waals surface area contributed by atoms with Gasteiger partial charge in [0.25, 0.3) is 5.91 Å². The maximum atomic E-state index is 11.6. The molecule has 0 unspecified atom stereocenters. The highest BCUT2D eigenvalue weighted by Crippen LogP contribution is 2.21. The van der Waals surface area contributed by atoms with Gasteiger partial charge in [-0.05, 0) is 31.0 Å². The van der Waals surface area contributed by atoms with Gasteiger partial charge in [0.05, 0.1) is 0 Å². The summed E-state index contributed by atoms with van der Waals surface area (Å²) in [5.41, 5.74) is 6.85. The lowest BCUT2D eigenvalue weighted by Crippen LogP contribution is -2.25. The maximum Gasteiger partial charge on any atom is 0.251 e. The molecule has 1 aromatic carbocycles. The number of benzene rings is 1. The Balaban J connectivity index is 2.17. The molecule has 2 rings (SSSR count). The minimum absolute atomic E-state index is 0.0412. The van der Waals surface area contributed by atoms with Gasteiger partial charge in [-0.2, -0.15) is 0 Å². The van der Waals surface area contributed by atoms with Crippen molar-refractivity contribution in [2.75, 3.05) is 5.73 Å². The highest BCUT2D eigenvalue weighted by molar-refractivity contribution is 9.10. The number of hydrogen-bond donors (Lipinski definition) is 2. The van der Waals surface area contributed by atoms with Crippen molar-refractivity contribution in [3.8, 4) is 0 Å². The van der Waals surface area contributed by atoms with Gasteiger partial charge in [-0.1, -0.05) is 15.9 Å². The Kier molecular flexibility index (Phi) is 2.46. The lowest BCUT2D eigenvalue weighted by molar-refractivity contribution is 0.0951. The molecule has 1 aliphatic rings. The van der Waals surface area contributed by atoms with E-state index in [1.54, 1.807) is 18.2 Å². The minimum Gasteiger partial charge on any atom is -0.399 e. The third kappa shape index (κ3) is 2.26. The summed E-state index contributed by atoms with van der Waals surface area (Å²) in [6.45, 7) is 0. The third-order valence-corrected chi connectivity index (χ3v) is 2.55. The molecule has 1 aliphatic carbocycles. The van der Waals surface area contributed by atoms with Crippen molar-refractivity contribution in [2.24, 2.45) is 0 Å². The van der Waals surface area contributed by atoms with Gasteiger partial charge >= 0.3 is 0 Å². The fourth-order valence-electron chi connectivity index (χ4n) is 1.24. The molecular formula is C10H11BrN2O. The van der Waals surface area contributed by atoms with E-state index >= 15 is 0 Å². The molecule has 0 radical (unpaired) electrons. The number of rotatable bonds is 2. The molecule has 1 amide bonds. The first-order valence-electron chi connectivity index (χ1n) is 4.52.